The highest BCUT2D eigenvalue weighted by Crippen LogP contribution is 2.19. The summed E-state index contributed by atoms with van der Waals surface area (Å²) in [5, 5.41) is 8.50. The third kappa shape index (κ3) is 3.21. The monoisotopic (exact) mass is 311 g/mol. The van der Waals surface area contributed by atoms with Gasteiger partial charge in [0, 0.05) is 5.69 Å². The lowest BCUT2D eigenvalue weighted by Crippen LogP contribution is -2.13. The molecule has 0 saturated heterocycles. The molecule has 0 fully saturated rings. The van der Waals surface area contributed by atoms with Crippen molar-refractivity contribution < 1.29 is 13.2 Å². The van der Waals surface area contributed by atoms with Crippen LogP contribution in [0.3, 0.4) is 0 Å². The van der Waals surface area contributed by atoms with Gasteiger partial charge < -0.3 is 5.32 Å². The number of aryl methyl sites for hydroxylation is 2. The van der Waals surface area contributed by atoms with Crippen LogP contribution in [0.5, 0.6) is 0 Å². The van der Waals surface area contributed by atoms with E-state index in [4.69, 9.17) is 5.14 Å². The highest BCUT2D eigenvalue weighted by atomic mass is 32.2. The number of hydrogen-bond acceptors (Lipinski definition) is 5. The smallest absolute Gasteiger partial charge is 0.267 e. The number of anilines is 1. The third-order valence-electron chi connectivity index (χ3n) is 2.55. The molecule has 0 aliphatic heterocycles. The number of hydrogen-bond donors (Lipinski definition) is 2. The van der Waals surface area contributed by atoms with Crippen LogP contribution in [0.2, 0.25) is 0 Å². The van der Waals surface area contributed by atoms with Crippen molar-refractivity contribution in [1.29, 1.82) is 0 Å². The van der Waals surface area contributed by atoms with Crippen LogP contribution in [-0.2, 0) is 10.0 Å². The topological polar surface area (TPSA) is 102 Å². The highest BCUT2D eigenvalue weighted by molar-refractivity contribution is 7.89. The van der Waals surface area contributed by atoms with Crippen LogP contribution in [0.25, 0.3) is 0 Å². The van der Waals surface area contributed by atoms with Crippen LogP contribution in [0.1, 0.15) is 20.4 Å². The molecule has 1 aromatic heterocycles. The minimum atomic E-state index is -3.72. The second kappa shape index (κ2) is 5.31. The van der Waals surface area contributed by atoms with Gasteiger partial charge in [-0.15, -0.1) is 11.3 Å². The average molecular weight is 311 g/mol. The van der Waals surface area contributed by atoms with Crippen molar-refractivity contribution >= 4 is 33.0 Å². The van der Waals surface area contributed by atoms with Gasteiger partial charge >= 0.3 is 0 Å². The average Bonchev–Trinajstić information content (AvgIpc) is 2.68. The number of nitrogens with one attached hydrogen (secondary N) is 1. The molecular formula is C12H13N3O3S2. The Morgan fingerprint density at radius 2 is 1.85 bits per heavy atom. The SMILES string of the molecule is Cc1nc(C)c(C(=O)Nc2ccc(S(N)(=O)=O)cc2)s1. The van der Waals surface area contributed by atoms with Crippen molar-refractivity contribution in [1.82, 2.24) is 4.98 Å². The minimum absolute atomic E-state index is 0.000291. The molecule has 1 heterocycles. The van der Waals surface area contributed by atoms with Gasteiger partial charge in [0.15, 0.2) is 0 Å². The number of amides is 1. The molecule has 1 aromatic carbocycles. The number of sulfonamides is 1. The number of aromatic nitrogens is 1. The Morgan fingerprint density at radius 3 is 2.30 bits per heavy atom. The van der Waals surface area contributed by atoms with Gasteiger partial charge in [0.1, 0.15) is 4.88 Å². The molecule has 0 unspecified atom stereocenters. The van der Waals surface area contributed by atoms with E-state index >= 15 is 0 Å². The molecule has 20 heavy (non-hydrogen) atoms. The molecule has 0 spiro atoms. The van der Waals surface area contributed by atoms with E-state index in [1.54, 1.807) is 6.92 Å². The van der Waals surface area contributed by atoms with Crippen LogP contribution < -0.4 is 10.5 Å². The first kappa shape index (κ1) is 14.6. The quantitative estimate of drug-likeness (QED) is 0.899. The molecule has 0 radical (unpaired) electrons. The molecule has 2 aromatic rings. The molecule has 0 bridgehead atoms. The van der Waals surface area contributed by atoms with E-state index < -0.39 is 10.0 Å². The van der Waals surface area contributed by atoms with Crippen molar-refractivity contribution in [3.8, 4) is 0 Å². The Labute approximate surface area is 120 Å². The molecule has 1 amide bonds. The molecule has 0 aliphatic carbocycles. The maximum absolute atomic E-state index is 12.0. The zero-order valence-corrected chi connectivity index (χ0v) is 12.5. The lowest BCUT2D eigenvalue weighted by Gasteiger charge is -2.05. The Hall–Kier alpha value is -1.77. The standard InChI is InChI=1S/C12H13N3O3S2/c1-7-11(19-8(2)14-7)12(16)15-9-3-5-10(6-4-9)20(13,17)18/h3-6H,1-2H3,(H,15,16)(H2,13,17,18). The summed E-state index contributed by atoms with van der Waals surface area (Å²) in [6.45, 7) is 3.60. The summed E-state index contributed by atoms with van der Waals surface area (Å²) in [5.74, 6) is -0.267. The largest absolute Gasteiger partial charge is 0.321 e. The Bertz CT molecular complexity index is 749. The Kier molecular flexibility index (Phi) is 3.89. The fourth-order valence-electron chi connectivity index (χ4n) is 1.66. The van der Waals surface area contributed by atoms with E-state index in [0.717, 1.165) is 5.01 Å². The van der Waals surface area contributed by atoms with Crippen LogP contribution in [0, 0.1) is 13.8 Å². The van der Waals surface area contributed by atoms with E-state index in [0.29, 0.717) is 16.3 Å². The van der Waals surface area contributed by atoms with Crippen LogP contribution in [0.4, 0.5) is 5.69 Å². The summed E-state index contributed by atoms with van der Waals surface area (Å²) in [5.41, 5.74) is 1.17. The first-order chi connectivity index (χ1) is 9.27. The first-order valence-corrected chi connectivity index (χ1v) is 8.02. The predicted octanol–water partition coefficient (Wildman–Crippen LogP) is 1.66. The number of rotatable bonds is 3. The molecular weight excluding hydrogens is 298 g/mol. The van der Waals surface area contributed by atoms with Crippen molar-refractivity contribution in [2.45, 2.75) is 18.7 Å². The van der Waals surface area contributed by atoms with Crippen molar-refractivity contribution in [2.24, 2.45) is 5.14 Å². The van der Waals surface area contributed by atoms with E-state index in [1.165, 1.54) is 35.6 Å². The molecule has 2 rings (SSSR count). The molecule has 0 aliphatic rings. The van der Waals surface area contributed by atoms with Gasteiger partial charge in [0.25, 0.3) is 5.91 Å². The molecule has 0 saturated carbocycles. The zero-order valence-electron chi connectivity index (χ0n) is 10.9. The van der Waals surface area contributed by atoms with E-state index in [-0.39, 0.29) is 10.8 Å². The Balaban J connectivity index is 2.18. The summed E-state index contributed by atoms with van der Waals surface area (Å²) in [7, 11) is -3.72. The van der Waals surface area contributed by atoms with Gasteiger partial charge in [0.05, 0.1) is 15.6 Å². The zero-order chi connectivity index (χ0) is 14.9. The number of thiazole rings is 1. The summed E-state index contributed by atoms with van der Waals surface area (Å²) in [6.07, 6.45) is 0. The second-order valence-corrected chi connectivity index (χ2v) is 6.94. The van der Waals surface area contributed by atoms with Gasteiger partial charge in [0.2, 0.25) is 10.0 Å². The third-order valence-corrected chi connectivity index (χ3v) is 4.55. The maximum atomic E-state index is 12.0. The summed E-state index contributed by atoms with van der Waals surface area (Å²) >= 11 is 1.31. The van der Waals surface area contributed by atoms with E-state index in [1.807, 2.05) is 6.92 Å². The van der Waals surface area contributed by atoms with E-state index in [9.17, 15) is 13.2 Å². The van der Waals surface area contributed by atoms with Crippen molar-refractivity contribution in [2.75, 3.05) is 5.32 Å². The van der Waals surface area contributed by atoms with Crippen LogP contribution in [-0.4, -0.2) is 19.3 Å². The van der Waals surface area contributed by atoms with Gasteiger partial charge in [-0.1, -0.05) is 0 Å². The summed E-state index contributed by atoms with van der Waals surface area (Å²) < 4.78 is 22.2. The maximum Gasteiger partial charge on any atom is 0.267 e. The van der Waals surface area contributed by atoms with Gasteiger partial charge in [-0.3, -0.25) is 4.79 Å². The molecule has 106 valence electrons. The van der Waals surface area contributed by atoms with Crippen LogP contribution >= 0.6 is 11.3 Å². The fourth-order valence-corrected chi connectivity index (χ4v) is 2.99. The number of primary sulfonamides is 1. The lowest BCUT2D eigenvalue weighted by molar-refractivity contribution is 0.103. The van der Waals surface area contributed by atoms with Gasteiger partial charge in [-0.25, -0.2) is 18.5 Å². The number of carbonyl (C=O) groups excluding carboxylic acids is 1. The number of nitrogens with two attached hydrogens (primary N) is 1. The minimum Gasteiger partial charge on any atom is -0.321 e. The second-order valence-electron chi connectivity index (χ2n) is 4.17. The van der Waals surface area contributed by atoms with Crippen molar-refractivity contribution in [3.63, 3.8) is 0 Å². The lowest BCUT2D eigenvalue weighted by atomic mass is 10.3. The van der Waals surface area contributed by atoms with Crippen LogP contribution in [0.15, 0.2) is 29.2 Å². The molecule has 6 nitrogen and oxygen atoms in total. The molecule has 3 N–H and O–H groups in total. The van der Waals surface area contributed by atoms with E-state index in [2.05, 4.69) is 10.3 Å². The summed E-state index contributed by atoms with van der Waals surface area (Å²) in [4.78, 5) is 16.8. The molecule has 0 atom stereocenters. The Morgan fingerprint density at radius 1 is 1.25 bits per heavy atom. The summed E-state index contributed by atoms with van der Waals surface area (Å²) in [6, 6.07) is 5.66. The van der Waals surface area contributed by atoms with Crippen molar-refractivity contribution in [3.05, 3.63) is 39.8 Å². The fraction of sp³-hybridized carbons (Fsp3) is 0.167. The molecule has 8 heteroatoms. The first-order valence-electron chi connectivity index (χ1n) is 5.65. The number of nitrogens with zero attached hydrogens (tertiary/aromatic N) is 1. The number of carbonyl (C=O) groups is 1. The van der Waals surface area contributed by atoms with Gasteiger partial charge in [-0.05, 0) is 38.1 Å². The normalized spacial score (nSPS) is 11.3. The number of benzene rings is 1. The predicted molar refractivity (Wildman–Crippen MR) is 77.4 cm³/mol. The van der Waals surface area contributed by atoms with Gasteiger partial charge in [-0.2, -0.15) is 0 Å². The highest BCUT2D eigenvalue weighted by Gasteiger charge is 2.14.